The summed E-state index contributed by atoms with van der Waals surface area (Å²) in [5, 5.41) is 22.5. The van der Waals surface area contributed by atoms with E-state index >= 15 is 0 Å². The van der Waals surface area contributed by atoms with Crippen LogP contribution in [0.4, 0.5) is 5.69 Å². The zero-order valence-electron chi connectivity index (χ0n) is 23.3. The molecule has 5 rings (SSSR count). The third-order valence-corrected chi connectivity index (χ3v) is 7.77. The maximum absolute atomic E-state index is 13.9. The van der Waals surface area contributed by atoms with Crippen molar-refractivity contribution in [2.45, 2.75) is 65.0 Å². The lowest BCUT2D eigenvalue weighted by molar-refractivity contribution is -0.611. The molecule has 40 heavy (non-hydrogen) atoms. The molecule has 2 atom stereocenters. The van der Waals surface area contributed by atoms with Crippen molar-refractivity contribution in [3.05, 3.63) is 106 Å². The standard InChI is InChI=1S/C32H35N5O3/c1-20(2)37-28(16-18-33-37)31(38)35-30(27-11-7-9-23-8-5-6-10-26(23)27)32(39)34-25-14-12-24(13-15-25)29-21(3)17-19-36(40)22(29)4/h5-6,8,10,12-20,27,30H,7,9,11H2,1-4H3,(H,34,39)(H,35,38)/t27-,30?/m0/s1. The molecule has 2 aromatic carbocycles. The molecule has 1 aliphatic rings. The number of pyridine rings is 1. The summed E-state index contributed by atoms with van der Waals surface area (Å²) in [5.74, 6) is -0.765. The van der Waals surface area contributed by atoms with E-state index in [1.807, 2.05) is 57.2 Å². The molecule has 1 unspecified atom stereocenters. The fraction of sp³-hybridized carbons (Fsp3) is 0.312. The SMILES string of the molecule is Cc1cc[n+]([O-])c(C)c1-c1ccc(NC(=O)C(NC(=O)c2ccnn2C(C)C)[C@H]2CCCc3ccccc32)cc1. The van der Waals surface area contributed by atoms with Crippen molar-refractivity contribution >= 4 is 17.5 Å². The van der Waals surface area contributed by atoms with Gasteiger partial charge in [-0.25, -0.2) is 0 Å². The highest BCUT2D eigenvalue weighted by Crippen LogP contribution is 2.35. The van der Waals surface area contributed by atoms with E-state index in [0.717, 1.165) is 46.2 Å². The average Bonchev–Trinajstić information content (AvgIpc) is 3.45. The van der Waals surface area contributed by atoms with Gasteiger partial charge in [-0.2, -0.15) is 9.83 Å². The number of nitrogens with one attached hydrogen (secondary N) is 2. The first kappa shape index (κ1) is 27.1. The Hall–Kier alpha value is -4.46. The Morgan fingerprint density at radius 3 is 2.55 bits per heavy atom. The summed E-state index contributed by atoms with van der Waals surface area (Å²) in [5.41, 5.74) is 6.75. The summed E-state index contributed by atoms with van der Waals surface area (Å²) >= 11 is 0. The normalized spacial score (nSPS) is 15.4. The van der Waals surface area contributed by atoms with Gasteiger partial charge in [0, 0.05) is 36.8 Å². The zero-order chi connectivity index (χ0) is 28.4. The van der Waals surface area contributed by atoms with Crippen LogP contribution >= 0.6 is 0 Å². The molecular weight excluding hydrogens is 502 g/mol. The largest absolute Gasteiger partial charge is 0.618 e. The summed E-state index contributed by atoms with van der Waals surface area (Å²) in [6, 6.07) is 18.3. The number of rotatable bonds is 7. The molecule has 2 N–H and O–H groups in total. The van der Waals surface area contributed by atoms with Crippen LogP contribution in [-0.2, 0) is 11.2 Å². The van der Waals surface area contributed by atoms with Crippen LogP contribution < -0.4 is 15.4 Å². The van der Waals surface area contributed by atoms with Crippen LogP contribution in [0.3, 0.4) is 0 Å². The molecule has 8 nitrogen and oxygen atoms in total. The number of benzene rings is 2. The monoisotopic (exact) mass is 537 g/mol. The number of hydrogen-bond donors (Lipinski definition) is 2. The molecule has 2 amide bonds. The lowest BCUT2D eigenvalue weighted by Crippen LogP contribution is -2.48. The number of fused-ring (bicyclic) bond motifs is 1. The topological polar surface area (TPSA) is 103 Å². The molecule has 1 aliphatic carbocycles. The summed E-state index contributed by atoms with van der Waals surface area (Å²) in [4.78, 5) is 27.3. The number of carbonyl (C=O) groups excluding carboxylic acids is 2. The highest BCUT2D eigenvalue weighted by Gasteiger charge is 2.35. The Kier molecular flexibility index (Phi) is 7.69. The minimum Gasteiger partial charge on any atom is -0.618 e. The van der Waals surface area contributed by atoms with Crippen LogP contribution in [-0.4, -0.2) is 27.6 Å². The van der Waals surface area contributed by atoms with E-state index in [1.54, 1.807) is 29.9 Å². The number of carbonyl (C=O) groups is 2. The number of aryl methyl sites for hydroxylation is 2. The third kappa shape index (κ3) is 5.34. The van der Waals surface area contributed by atoms with Crippen LogP contribution in [0.1, 0.15) is 71.5 Å². The fourth-order valence-corrected chi connectivity index (χ4v) is 5.75. The molecule has 0 fully saturated rings. The summed E-state index contributed by atoms with van der Waals surface area (Å²) in [7, 11) is 0. The van der Waals surface area contributed by atoms with Crippen LogP contribution in [0, 0.1) is 19.1 Å². The van der Waals surface area contributed by atoms with Gasteiger partial charge in [0.25, 0.3) is 5.91 Å². The van der Waals surface area contributed by atoms with Gasteiger partial charge in [-0.05, 0) is 80.5 Å². The van der Waals surface area contributed by atoms with E-state index in [1.165, 1.54) is 11.8 Å². The number of anilines is 1. The molecule has 206 valence electrons. The Bertz CT molecular complexity index is 1540. The Labute approximate surface area is 234 Å². The van der Waals surface area contributed by atoms with Gasteiger partial charge in [0.15, 0.2) is 11.9 Å². The second-order valence-corrected chi connectivity index (χ2v) is 10.8. The fourth-order valence-electron chi connectivity index (χ4n) is 5.75. The van der Waals surface area contributed by atoms with Crippen molar-refractivity contribution in [1.29, 1.82) is 0 Å². The van der Waals surface area contributed by atoms with Gasteiger partial charge >= 0.3 is 0 Å². The van der Waals surface area contributed by atoms with Gasteiger partial charge in [-0.15, -0.1) is 0 Å². The summed E-state index contributed by atoms with van der Waals surface area (Å²) in [6.07, 6.45) is 5.80. The van der Waals surface area contributed by atoms with Crippen molar-refractivity contribution in [2.75, 3.05) is 5.32 Å². The van der Waals surface area contributed by atoms with Gasteiger partial charge < -0.3 is 15.8 Å². The summed E-state index contributed by atoms with van der Waals surface area (Å²) in [6.45, 7) is 7.69. The van der Waals surface area contributed by atoms with Crippen molar-refractivity contribution in [2.24, 2.45) is 0 Å². The highest BCUT2D eigenvalue weighted by molar-refractivity contribution is 6.01. The molecule has 0 radical (unpaired) electrons. The number of aromatic nitrogens is 3. The third-order valence-electron chi connectivity index (χ3n) is 7.77. The van der Waals surface area contributed by atoms with Gasteiger partial charge in [-0.3, -0.25) is 14.3 Å². The van der Waals surface area contributed by atoms with Crippen molar-refractivity contribution in [3.8, 4) is 11.1 Å². The van der Waals surface area contributed by atoms with E-state index in [0.29, 0.717) is 17.1 Å². The molecule has 0 spiro atoms. The Morgan fingerprint density at radius 1 is 1.05 bits per heavy atom. The van der Waals surface area contributed by atoms with Gasteiger partial charge in [0.1, 0.15) is 11.7 Å². The number of amides is 2. The lowest BCUT2D eigenvalue weighted by Gasteiger charge is -2.32. The van der Waals surface area contributed by atoms with Crippen molar-refractivity contribution in [3.63, 3.8) is 0 Å². The minimum atomic E-state index is -0.776. The molecule has 0 saturated heterocycles. The van der Waals surface area contributed by atoms with Gasteiger partial charge in [0.05, 0.1) is 5.56 Å². The van der Waals surface area contributed by atoms with Crippen LogP contribution in [0.15, 0.2) is 73.1 Å². The maximum atomic E-state index is 13.9. The molecular formula is C32H35N5O3. The molecule has 0 aliphatic heterocycles. The Morgan fingerprint density at radius 2 is 1.80 bits per heavy atom. The minimum absolute atomic E-state index is 0.00456. The number of hydrogen-bond acceptors (Lipinski definition) is 4. The second kappa shape index (κ2) is 11.3. The van der Waals surface area contributed by atoms with Gasteiger partial charge in [-0.1, -0.05) is 36.4 Å². The smallest absolute Gasteiger partial charge is 0.270 e. The van der Waals surface area contributed by atoms with Crippen LogP contribution in [0.25, 0.3) is 11.1 Å². The highest BCUT2D eigenvalue weighted by atomic mass is 16.5. The van der Waals surface area contributed by atoms with Crippen LogP contribution in [0.5, 0.6) is 0 Å². The molecule has 2 aromatic heterocycles. The quantitative estimate of drug-likeness (QED) is 0.249. The predicted molar refractivity (Wildman–Crippen MR) is 155 cm³/mol. The predicted octanol–water partition coefficient (Wildman–Crippen LogP) is 5.24. The van der Waals surface area contributed by atoms with Crippen molar-refractivity contribution < 1.29 is 14.3 Å². The van der Waals surface area contributed by atoms with E-state index in [4.69, 9.17) is 0 Å². The lowest BCUT2D eigenvalue weighted by atomic mass is 9.78. The van der Waals surface area contributed by atoms with E-state index < -0.39 is 6.04 Å². The van der Waals surface area contributed by atoms with Gasteiger partial charge in [0.2, 0.25) is 5.91 Å². The molecule has 4 aromatic rings. The first-order valence-electron chi connectivity index (χ1n) is 13.8. The van der Waals surface area contributed by atoms with E-state index in [-0.39, 0.29) is 23.8 Å². The van der Waals surface area contributed by atoms with E-state index in [9.17, 15) is 14.8 Å². The number of nitrogens with zero attached hydrogens (tertiary/aromatic N) is 3. The zero-order valence-corrected chi connectivity index (χ0v) is 23.3. The molecule has 2 heterocycles. The van der Waals surface area contributed by atoms with E-state index in [2.05, 4.69) is 27.9 Å². The Balaban J connectivity index is 1.43. The first-order valence-corrected chi connectivity index (χ1v) is 13.8. The van der Waals surface area contributed by atoms with Crippen molar-refractivity contribution in [1.82, 2.24) is 15.1 Å². The van der Waals surface area contributed by atoms with Crippen LogP contribution in [0.2, 0.25) is 0 Å². The average molecular weight is 538 g/mol. The first-order chi connectivity index (χ1) is 19.2. The molecule has 0 bridgehead atoms. The molecule has 8 heteroatoms. The second-order valence-electron chi connectivity index (χ2n) is 10.8. The molecule has 0 saturated carbocycles. The maximum Gasteiger partial charge on any atom is 0.270 e. The summed E-state index contributed by atoms with van der Waals surface area (Å²) < 4.78 is 2.52.